The molecule has 1 N–H and O–H groups in total. The summed E-state index contributed by atoms with van der Waals surface area (Å²) < 4.78 is 10.5. The van der Waals surface area contributed by atoms with E-state index in [9.17, 15) is 9.59 Å². The number of aromatic nitrogens is 1. The number of carbonyl (C=O) groups excluding carboxylic acids is 2. The SMILES string of the molecule is CCOC(=O)COc1ccc2ccccc2c1/C=N/NC(=O)c1ccncc1. The lowest BCUT2D eigenvalue weighted by molar-refractivity contribution is -0.145. The molecule has 7 heteroatoms. The smallest absolute Gasteiger partial charge is 0.344 e. The first-order valence-corrected chi connectivity index (χ1v) is 8.72. The lowest BCUT2D eigenvalue weighted by Crippen LogP contribution is -2.18. The van der Waals surface area contributed by atoms with Gasteiger partial charge in [0.05, 0.1) is 12.8 Å². The Morgan fingerprint density at radius 1 is 1.11 bits per heavy atom. The van der Waals surface area contributed by atoms with Crippen molar-refractivity contribution in [2.24, 2.45) is 5.10 Å². The summed E-state index contributed by atoms with van der Waals surface area (Å²) in [5.41, 5.74) is 3.58. The molecule has 1 heterocycles. The van der Waals surface area contributed by atoms with Crippen molar-refractivity contribution in [1.82, 2.24) is 10.4 Å². The predicted molar refractivity (Wildman–Crippen MR) is 105 cm³/mol. The van der Waals surface area contributed by atoms with Crippen LogP contribution in [0.2, 0.25) is 0 Å². The molecule has 0 aliphatic heterocycles. The first-order valence-electron chi connectivity index (χ1n) is 8.72. The number of fused-ring (bicyclic) bond motifs is 1. The topological polar surface area (TPSA) is 89.9 Å². The van der Waals surface area contributed by atoms with Crippen molar-refractivity contribution < 1.29 is 19.1 Å². The monoisotopic (exact) mass is 377 g/mol. The van der Waals surface area contributed by atoms with Crippen molar-refractivity contribution in [3.63, 3.8) is 0 Å². The maximum atomic E-state index is 12.1. The van der Waals surface area contributed by atoms with E-state index in [2.05, 4.69) is 15.5 Å². The molecule has 7 nitrogen and oxygen atoms in total. The standard InChI is InChI=1S/C21H19N3O4/c1-2-27-20(25)14-28-19-8-7-15-5-3-4-6-17(15)18(19)13-23-24-21(26)16-9-11-22-12-10-16/h3-13H,2,14H2,1H3,(H,24,26)/b23-13+. The van der Waals surface area contributed by atoms with Crippen LogP contribution in [0.3, 0.4) is 0 Å². The molecule has 0 fully saturated rings. The van der Waals surface area contributed by atoms with Crippen LogP contribution >= 0.6 is 0 Å². The Labute approximate surface area is 162 Å². The number of carbonyl (C=O) groups is 2. The van der Waals surface area contributed by atoms with Gasteiger partial charge in [-0.25, -0.2) is 10.2 Å². The molecule has 3 aromatic rings. The molecule has 0 saturated heterocycles. The largest absolute Gasteiger partial charge is 0.481 e. The van der Waals surface area contributed by atoms with E-state index in [1.807, 2.05) is 30.3 Å². The van der Waals surface area contributed by atoms with Gasteiger partial charge in [0.1, 0.15) is 5.75 Å². The number of amides is 1. The Morgan fingerprint density at radius 3 is 2.68 bits per heavy atom. The second kappa shape index (κ2) is 9.27. The fourth-order valence-electron chi connectivity index (χ4n) is 2.60. The van der Waals surface area contributed by atoms with Crippen LogP contribution in [-0.4, -0.2) is 36.3 Å². The van der Waals surface area contributed by atoms with Crippen LogP contribution in [0.5, 0.6) is 5.75 Å². The Kier molecular flexibility index (Phi) is 6.30. The zero-order chi connectivity index (χ0) is 19.8. The van der Waals surface area contributed by atoms with E-state index in [4.69, 9.17) is 9.47 Å². The summed E-state index contributed by atoms with van der Waals surface area (Å²) in [5, 5.41) is 5.91. The molecule has 0 atom stereocenters. The first-order chi connectivity index (χ1) is 13.7. The quantitative estimate of drug-likeness (QED) is 0.388. The molecular weight excluding hydrogens is 358 g/mol. The van der Waals surface area contributed by atoms with E-state index in [1.54, 1.807) is 25.1 Å². The van der Waals surface area contributed by atoms with Crippen molar-refractivity contribution in [3.8, 4) is 5.75 Å². The Morgan fingerprint density at radius 2 is 1.89 bits per heavy atom. The highest BCUT2D eigenvalue weighted by Gasteiger charge is 2.10. The van der Waals surface area contributed by atoms with Crippen LogP contribution < -0.4 is 10.2 Å². The van der Waals surface area contributed by atoms with Crippen LogP contribution in [0.1, 0.15) is 22.8 Å². The molecular formula is C21H19N3O4. The number of nitrogens with zero attached hydrogens (tertiary/aromatic N) is 2. The number of hydrogen-bond donors (Lipinski definition) is 1. The third-order valence-electron chi connectivity index (χ3n) is 3.88. The molecule has 142 valence electrons. The van der Waals surface area contributed by atoms with Gasteiger partial charge in [-0.3, -0.25) is 9.78 Å². The van der Waals surface area contributed by atoms with Crippen LogP contribution in [0, 0.1) is 0 Å². The van der Waals surface area contributed by atoms with Crippen molar-refractivity contribution in [3.05, 3.63) is 72.1 Å². The van der Waals surface area contributed by atoms with E-state index in [-0.39, 0.29) is 19.1 Å². The van der Waals surface area contributed by atoms with Gasteiger partial charge in [0.25, 0.3) is 5.91 Å². The molecule has 1 aromatic heterocycles. The average molecular weight is 377 g/mol. The molecule has 0 bridgehead atoms. The highest BCUT2D eigenvalue weighted by molar-refractivity contribution is 6.03. The van der Waals surface area contributed by atoms with Gasteiger partial charge in [0, 0.05) is 23.5 Å². The molecule has 1 amide bonds. The van der Waals surface area contributed by atoms with Crippen LogP contribution in [-0.2, 0) is 9.53 Å². The number of pyridine rings is 1. The minimum Gasteiger partial charge on any atom is -0.481 e. The normalized spacial score (nSPS) is 10.8. The van der Waals surface area contributed by atoms with Gasteiger partial charge < -0.3 is 9.47 Å². The average Bonchev–Trinajstić information content (AvgIpc) is 2.73. The van der Waals surface area contributed by atoms with E-state index < -0.39 is 5.97 Å². The second-order valence-corrected chi connectivity index (χ2v) is 5.73. The summed E-state index contributed by atoms with van der Waals surface area (Å²) in [7, 11) is 0. The zero-order valence-corrected chi connectivity index (χ0v) is 15.3. The van der Waals surface area contributed by atoms with Crippen molar-refractivity contribution in [2.45, 2.75) is 6.92 Å². The van der Waals surface area contributed by atoms with Crippen LogP contribution in [0.4, 0.5) is 0 Å². The maximum Gasteiger partial charge on any atom is 0.344 e. The molecule has 2 aromatic carbocycles. The highest BCUT2D eigenvalue weighted by atomic mass is 16.6. The van der Waals surface area contributed by atoms with Crippen LogP contribution in [0.25, 0.3) is 10.8 Å². The number of benzene rings is 2. The van der Waals surface area contributed by atoms with Gasteiger partial charge in [-0.15, -0.1) is 0 Å². The van der Waals surface area contributed by atoms with Crippen LogP contribution in [0.15, 0.2) is 66.0 Å². The summed E-state index contributed by atoms with van der Waals surface area (Å²) in [5.74, 6) is -0.342. The minimum absolute atomic E-state index is 0.212. The number of hydrogen-bond acceptors (Lipinski definition) is 6. The second-order valence-electron chi connectivity index (χ2n) is 5.73. The van der Waals surface area contributed by atoms with Gasteiger partial charge in [-0.2, -0.15) is 5.10 Å². The maximum absolute atomic E-state index is 12.1. The van der Waals surface area contributed by atoms with Crippen molar-refractivity contribution in [2.75, 3.05) is 13.2 Å². The summed E-state index contributed by atoms with van der Waals surface area (Å²) >= 11 is 0. The molecule has 0 aliphatic carbocycles. The van der Waals surface area contributed by atoms with Gasteiger partial charge in [0.2, 0.25) is 0 Å². The highest BCUT2D eigenvalue weighted by Crippen LogP contribution is 2.26. The summed E-state index contributed by atoms with van der Waals surface area (Å²) in [4.78, 5) is 27.6. The molecule has 3 rings (SSSR count). The molecule has 0 radical (unpaired) electrons. The molecule has 0 saturated carbocycles. The van der Waals surface area contributed by atoms with E-state index >= 15 is 0 Å². The van der Waals surface area contributed by atoms with Gasteiger partial charge in [-0.1, -0.05) is 30.3 Å². The third-order valence-corrected chi connectivity index (χ3v) is 3.88. The zero-order valence-electron chi connectivity index (χ0n) is 15.3. The number of nitrogens with one attached hydrogen (secondary N) is 1. The lowest BCUT2D eigenvalue weighted by Gasteiger charge is -2.11. The fraction of sp³-hybridized carbons (Fsp3) is 0.143. The van der Waals surface area contributed by atoms with E-state index in [1.165, 1.54) is 18.6 Å². The van der Waals surface area contributed by atoms with Gasteiger partial charge in [0.15, 0.2) is 6.61 Å². The Bertz CT molecular complexity index is 1000. The third kappa shape index (κ3) is 4.70. The van der Waals surface area contributed by atoms with E-state index in [0.717, 1.165) is 10.8 Å². The summed E-state index contributed by atoms with van der Waals surface area (Å²) in [6, 6.07) is 14.5. The molecule has 0 spiro atoms. The number of esters is 1. The number of ether oxygens (including phenoxy) is 2. The Balaban J connectivity index is 1.83. The molecule has 0 unspecified atom stereocenters. The van der Waals surface area contributed by atoms with Crippen molar-refractivity contribution >= 4 is 28.9 Å². The van der Waals surface area contributed by atoms with Crippen molar-refractivity contribution in [1.29, 1.82) is 0 Å². The molecule has 0 aliphatic rings. The molecule has 28 heavy (non-hydrogen) atoms. The van der Waals surface area contributed by atoms with Gasteiger partial charge in [-0.05, 0) is 35.9 Å². The summed E-state index contributed by atoms with van der Waals surface area (Å²) in [6.07, 6.45) is 4.57. The number of rotatable bonds is 7. The van der Waals surface area contributed by atoms with E-state index in [0.29, 0.717) is 16.9 Å². The first kappa shape index (κ1) is 19.0. The minimum atomic E-state index is -0.454. The van der Waals surface area contributed by atoms with Gasteiger partial charge >= 0.3 is 5.97 Å². The fourth-order valence-corrected chi connectivity index (χ4v) is 2.60. The Hall–Kier alpha value is -3.74. The summed E-state index contributed by atoms with van der Waals surface area (Å²) in [6.45, 7) is 1.81. The predicted octanol–water partition coefficient (Wildman–Crippen LogP) is 2.94. The lowest BCUT2D eigenvalue weighted by atomic mass is 10.0. The number of hydrazone groups is 1.